The van der Waals surface area contributed by atoms with Crippen LogP contribution in [0.3, 0.4) is 0 Å². The van der Waals surface area contributed by atoms with Gasteiger partial charge in [0.05, 0.1) is 5.56 Å². The Hall–Kier alpha value is -2.05. The number of benzene rings is 1. The lowest BCUT2D eigenvalue weighted by Gasteiger charge is -2.12. The number of aryl methyl sites for hydroxylation is 1. The van der Waals surface area contributed by atoms with Crippen molar-refractivity contribution in [1.82, 2.24) is 4.98 Å². The van der Waals surface area contributed by atoms with Gasteiger partial charge in [-0.1, -0.05) is 43.1 Å². The Labute approximate surface area is 117 Å². The maximum Gasteiger partial charge on any atom is 0.150 e. The molecule has 0 bridgehead atoms. The zero-order valence-corrected chi connectivity index (χ0v) is 11.4. The topological polar surface area (TPSA) is 48.7 Å². The Morgan fingerprint density at radius 3 is 2.84 bits per heavy atom. The van der Waals surface area contributed by atoms with Crippen molar-refractivity contribution in [2.75, 3.05) is 5.32 Å². The zero-order valence-electron chi connectivity index (χ0n) is 10.7. The fourth-order valence-electron chi connectivity index (χ4n) is 1.87. The first-order valence-electron chi connectivity index (χ1n) is 6.15. The highest BCUT2D eigenvalue weighted by Crippen LogP contribution is 2.28. The lowest BCUT2D eigenvalue weighted by molar-refractivity contribution is 0.923. The van der Waals surface area contributed by atoms with Crippen molar-refractivity contribution >= 4 is 23.1 Å². The zero-order chi connectivity index (χ0) is 13.7. The van der Waals surface area contributed by atoms with Gasteiger partial charge in [0, 0.05) is 11.9 Å². The lowest BCUT2D eigenvalue weighted by atomic mass is 10.1. The molecule has 0 spiro atoms. The van der Waals surface area contributed by atoms with E-state index in [1.807, 2.05) is 24.3 Å². The third-order valence-corrected chi connectivity index (χ3v) is 3.18. The number of aromatic nitrogens is 1. The summed E-state index contributed by atoms with van der Waals surface area (Å²) in [6.45, 7) is 2.14. The normalized spacial score (nSPS) is 9.95. The van der Waals surface area contributed by atoms with Crippen molar-refractivity contribution in [3.8, 4) is 6.07 Å². The molecular weight excluding hydrogens is 258 g/mol. The van der Waals surface area contributed by atoms with Crippen LogP contribution < -0.4 is 5.32 Å². The monoisotopic (exact) mass is 271 g/mol. The molecule has 0 saturated carbocycles. The summed E-state index contributed by atoms with van der Waals surface area (Å²) in [5.41, 5.74) is 2.62. The van der Waals surface area contributed by atoms with Crippen LogP contribution in [0.15, 0.2) is 36.5 Å². The van der Waals surface area contributed by atoms with E-state index in [4.69, 9.17) is 16.9 Å². The third kappa shape index (κ3) is 3.04. The highest BCUT2D eigenvalue weighted by Gasteiger charge is 2.09. The smallest absolute Gasteiger partial charge is 0.150 e. The number of nitrogens with one attached hydrogen (secondary N) is 1. The van der Waals surface area contributed by atoms with Crippen LogP contribution in [0.25, 0.3) is 0 Å². The van der Waals surface area contributed by atoms with E-state index in [1.54, 1.807) is 12.3 Å². The van der Waals surface area contributed by atoms with Gasteiger partial charge in [-0.25, -0.2) is 4.98 Å². The van der Waals surface area contributed by atoms with Gasteiger partial charge in [0.2, 0.25) is 0 Å². The number of nitrogens with zero attached hydrogens (tertiary/aromatic N) is 2. The number of halogens is 1. The van der Waals surface area contributed by atoms with E-state index in [1.165, 1.54) is 5.56 Å². The molecule has 2 rings (SSSR count). The molecule has 1 aromatic heterocycles. The van der Waals surface area contributed by atoms with Crippen molar-refractivity contribution in [3.63, 3.8) is 0 Å². The van der Waals surface area contributed by atoms with Gasteiger partial charge in [-0.05, 0) is 24.1 Å². The van der Waals surface area contributed by atoms with Crippen LogP contribution >= 0.6 is 11.6 Å². The quantitative estimate of drug-likeness (QED) is 0.902. The second-order valence-corrected chi connectivity index (χ2v) is 4.54. The molecule has 0 unspecified atom stereocenters. The summed E-state index contributed by atoms with van der Waals surface area (Å²) < 4.78 is 0. The summed E-state index contributed by atoms with van der Waals surface area (Å²) in [6.07, 6.45) is 3.63. The molecule has 1 aromatic carbocycles. The highest BCUT2D eigenvalue weighted by molar-refractivity contribution is 6.34. The predicted octanol–water partition coefficient (Wildman–Crippen LogP) is 4.30. The molecule has 0 amide bonds. The minimum Gasteiger partial charge on any atom is -0.339 e. The summed E-state index contributed by atoms with van der Waals surface area (Å²) in [5, 5.41) is 12.5. The van der Waals surface area contributed by atoms with E-state index >= 15 is 0 Å². The van der Waals surface area contributed by atoms with Gasteiger partial charge in [-0.2, -0.15) is 5.26 Å². The van der Waals surface area contributed by atoms with Gasteiger partial charge in [0.15, 0.2) is 5.82 Å². The van der Waals surface area contributed by atoms with E-state index in [9.17, 15) is 0 Å². The minimum atomic E-state index is 0.358. The summed E-state index contributed by atoms with van der Waals surface area (Å²) in [6, 6.07) is 11.7. The maximum atomic E-state index is 8.96. The first-order valence-corrected chi connectivity index (χ1v) is 6.53. The molecule has 0 atom stereocenters. The summed E-state index contributed by atoms with van der Waals surface area (Å²) >= 11 is 6.14. The molecule has 1 heterocycles. The molecule has 96 valence electrons. The largest absolute Gasteiger partial charge is 0.339 e. The minimum absolute atomic E-state index is 0.358. The van der Waals surface area contributed by atoms with Crippen LogP contribution in [-0.2, 0) is 6.42 Å². The molecule has 0 aliphatic carbocycles. The number of hydrogen-bond acceptors (Lipinski definition) is 3. The molecule has 0 fully saturated rings. The number of pyridine rings is 1. The van der Waals surface area contributed by atoms with E-state index in [0.717, 1.165) is 18.5 Å². The number of anilines is 2. The van der Waals surface area contributed by atoms with Gasteiger partial charge in [0.1, 0.15) is 11.1 Å². The van der Waals surface area contributed by atoms with Crippen molar-refractivity contribution < 1.29 is 0 Å². The first kappa shape index (κ1) is 13.4. The van der Waals surface area contributed by atoms with Crippen molar-refractivity contribution in [2.45, 2.75) is 19.8 Å². The number of hydrogen-bond donors (Lipinski definition) is 1. The van der Waals surface area contributed by atoms with Crippen molar-refractivity contribution in [1.29, 1.82) is 5.26 Å². The molecule has 0 saturated heterocycles. The van der Waals surface area contributed by atoms with Crippen LogP contribution in [0, 0.1) is 11.3 Å². The summed E-state index contributed by atoms with van der Waals surface area (Å²) in [4.78, 5) is 4.19. The highest BCUT2D eigenvalue weighted by atomic mass is 35.5. The Kier molecular flexibility index (Phi) is 4.38. The predicted molar refractivity (Wildman–Crippen MR) is 77.7 cm³/mol. The van der Waals surface area contributed by atoms with Crippen molar-refractivity contribution in [3.05, 3.63) is 52.7 Å². The molecular formula is C15H14ClN3. The Balaban J connectivity index is 2.34. The molecule has 0 radical (unpaired) electrons. The SMILES string of the molecule is CCCc1ccccc1Nc1nccc(C#N)c1Cl. The second-order valence-electron chi connectivity index (χ2n) is 4.17. The molecule has 2 aromatic rings. The summed E-state index contributed by atoms with van der Waals surface area (Å²) in [5.74, 6) is 0.518. The van der Waals surface area contributed by atoms with Crippen LogP contribution in [0.1, 0.15) is 24.5 Å². The maximum absolute atomic E-state index is 8.96. The number of rotatable bonds is 4. The van der Waals surface area contributed by atoms with E-state index in [2.05, 4.69) is 23.3 Å². The molecule has 19 heavy (non-hydrogen) atoms. The van der Waals surface area contributed by atoms with Crippen LogP contribution in [0.5, 0.6) is 0 Å². The number of para-hydroxylation sites is 1. The average Bonchev–Trinajstić information content (AvgIpc) is 2.43. The molecule has 3 nitrogen and oxygen atoms in total. The Morgan fingerprint density at radius 2 is 2.11 bits per heavy atom. The lowest BCUT2D eigenvalue weighted by Crippen LogP contribution is -1.99. The average molecular weight is 272 g/mol. The Morgan fingerprint density at radius 1 is 1.32 bits per heavy atom. The number of nitriles is 1. The van der Waals surface area contributed by atoms with Gasteiger partial charge in [0.25, 0.3) is 0 Å². The van der Waals surface area contributed by atoms with Gasteiger partial charge >= 0.3 is 0 Å². The molecule has 0 aliphatic rings. The van der Waals surface area contributed by atoms with E-state index in [-0.39, 0.29) is 0 Å². The van der Waals surface area contributed by atoms with Crippen LogP contribution in [-0.4, -0.2) is 4.98 Å². The molecule has 1 N–H and O–H groups in total. The fourth-order valence-corrected chi connectivity index (χ4v) is 2.08. The van der Waals surface area contributed by atoms with Gasteiger partial charge in [-0.15, -0.1) is 0 Å². The molecule has 0 aliphatic heterocycles. The standard InChI is InChI=1S/C15H14ClN3/c1-2-5-11-6-3-4-7-13(11)19-15-14(16)12(10-17)8-9-18-15/h3-4,6-9H,2,5H2,1H3,(H,18,19). The molecule has 4 heteroatoms. The van der Waals surface area contributed by atoms with Gasteiger partial charge in [-0.3, -0.25) is 0 Å². The second kappa shape index (κ2) is 6.21. The van der Waals surface area contributed by atoms with E-state index in [0.29, 0.717) is 16.4 Å². The summed E-state index contributed by atoms with van der Waals surface area (Å²) in [7, 11) is 0. The van der Waals surface area contributed by atoms with Crippen LogP contribution in [0.4, 0.5) is 11.5 Å². The van der Waals surface area contributed by atoms with E-state index < -0.39 is 0 Å². The first-order chi connectivity index (χ1) is 9.26. The third-order valence-electron chi connectivity index (χ3n) is 2.80. The van der Waals surface area contributed by atoms with Crippen molar-refractivity contribution in [2.24, 2.45) is 0 Å². The van der Waals surface area contributed by atoms with Crippen LogP contribution in [0.2, 0.25) is 5.02 Å². The fraction of sp³-hybridized carbons (Fsp3) is 0.200. The van der Waals surface area contributed by atoms with Gasteiger partial charge < -0.3 is 5.32 Å². The Bertz CT molecular complexity index is 617.